The lowest BCUT2D eigenvalue weighted by atomic mass is 9.88. The molecule has 0 aromatic heterocycles. The van der Waals surface area contributed by atoms with E-state index in [2.05, 4.69) is 5.32 Å². The molecule has 0 atom stereocenters. The van der Waals surface area contributed by atoms with Gasteiger partial charge in [0.15, 0.2) is 5.78 Å². The highest BCUT2D eigenvalue weighted by Gasteiger charge is 2.31. The topological polar surface area (TPSA) is 49.4 Å². The number of nitrogens with zero attached hydrogens (tertiary/aromatic N) is 1. The average molecular weight is 419 g/mol. The fraction of sp³-hybridized carbons (Fsp3) is 0.600. The van der Waals surface area contributed by atoms with E-state index in [0.29, 0.717) is 50.4 Å². The number of carbonyl (C=O) groups excluding carboxylic acids is 2. The van der Waals surface area contributed by atoms with Gasteiger partial charge in [0.25, 0.3) is 0 Å². The minimum absolute atomic E-state index is 0. The van der Waals surface area contributed by atoms with Crippen molar-refractivity contribution in [1.29, 1.82) is 0 Å². The second kappa shape index (κ2) is 10.3. The molecule has 0 bridgehead atoms. The van der Waals surface area contributed by atoms with E-state index in [9.17, 15) is 22.8 Å². The van der Waals surface area contributed by atoms with Crippen LogP contribution in [0.15, 0.2) is 12.1 Å². The third kappa shape index (κ3) is 5.47. The summed E-state index contributed by atoms with van der Waals surface area (Å²) in [5.74, 6) is -3.91. The Labute approximate surface area is 169 Å². The highest BCUT2D eigenvalue weighted by molar-refractivity contribution is 5.98. The molecule has 2 aliphatic heterocycles. The number of likely N-dealkylation sites (tertiary alicyclic amines) is 1. The number of ketones is 1. The Balaban J connectivity index is 0.00000280. The third-order valence-corrected chi connectivity index (χ3v) is 5.70. The lowest BCUT2D eigenvalue weighted by Crippen LogP contribution is -2.40. The number of Topliss-reactive ketones (excluding diaryl/α,β-unsaturated/α-hetero) is 1. The third-order valence-electron chi connectivity index (χ3n) is 5.70. The molecule has 1 aromatic rings. The van der Waals surface area contributed by atoms with Crippen LogP contribution in [0.2, 0.25) is 0 Å². The molecule has 4 nitrogen and oxygen atoms in total. The fourth-order valence-electron chi connectivity index (χ4n) is 4.03. The standard InChI is InChI=1S/C20H25F3N2O2.ClH/c21-15-11-16(22)19(17(23)12-15)20(27)14-5-9-25(10-6-14)18(26)2-1-13-3-7-24-8-4-13;/h11-14,24H,1-10H2;1H. The zero-order chi connectivity index (χ0) is 19.4. The number of hydrogen-bond donors (Lipinski definition) is 1. The summed E-state index contributed by atoms with van der Waals surface area (Å²) in [5, 5.41) is 3.30. The summed E-state index contributed by atoms with van der Waals surface area (Å²) in [5.41, 5.74) is -0.674. The second-order valence-electron chi connectivity index (χ2n) is 7.50. The zero-order valence-corrected chi connectivity index (χ0v) is 16.5. The van der Waals surface area contributed by atoms with E-state index in [-0.39, 0.29) is 18.3 Å². The van der Waals surface area contributed by atoms with Crippen LogP contribution < -0.4 is 5.32 Å². The van der Waals surface area contributed by atoms with E-state index < -0.39 is 34.7 Å². The van der Waals surface area contributed by atoms with E-state index in [4.69, 9.17) is 0 Å². The summed E-state index contributed by atoms with van der Waals surface area (Å²) in [7, 11) is 0. The summed E-state index contributed by atoms with van der Waals surface area (Å²) in [4.78, 5) is 26.6. The van der Waals surface area contributed by atoms with Crippen LogP contribution in [0.1, 0.15) is 48.9 Å². The maximum absolute atomic E-state index is 13.8. The molecule has 0 radical (unpaired) electrons. The Morgan fingerprint density at radius 1 is 1.00 bits per heavy atom. The van der Waals surface area contributed by atoms with Crippen molar-refractivity contribution < 1.29 is 22.8 Å². The Morgan fingerprint density at radius 3 is 2.14 bits per heavy atom. The lowest BCUT2D eigenvalue weighted by molar-refractivity contribution is -0.132. The normalized spacial score (nSPS) is 18.6. The van der Waals surface area contributed by atoms with Crippen molar-refractivity contribution in [3.05, 3.63) is 35.1 Å². The van der Waals surface area contributed by atoms with Crippen LogP contribution in [0.5, 0.6) is 0 Å². The van der Waals surface area contributed by atoms with Gasteiger partial charge in [-0.2, -0.15) is 0 Å². The first-order chi connectivity index (χ1) is 13.0. The molecule has 1 aromatic carbocycles. The summed E-state index contributed by atoms with van der Waals surface area (Å²) in [6, 6.07) is 1.05. The SMILES string of the molecule is Cl.O=C(c1c(F)cc(F)cc1F)C1CCN(C(=O)CCC2CCNCC2)CC1. The van der Waals surface area contributed by atoms with Crippen molar-refractivity contribution in [2.75, 3.05) is 26.2 Å². The molecule has 2 aliphatic rings. The van der Waals surface area contributed by atoms with Gasteiger partial charge in [0, 0.05) is 37.6 Å². The molecule has 1 N–H and O–H groups in total. The first-order valence-corrected chi connectivity index (χ1v) is 9.63. The number of carbonyl (C=O) groups is 2. The predicted molar refractivity (Wildman–Crippen MR) is 102 cm³/mol. The molecule has 2 saturated heterocycles. The van der Waals surface area contributed by atoms with Crippen LogP contribution >= 0.6 is 12.4 Å². The molecule has 1 amide bonds. The average Bonchev–Trinajstić information content (AvgIpc) is 2.66. The Hall–Kier alpha value is -1.60. The lowest BCUT2D eigenvalue weighted by Gasteiger charge is -2.32. The number of rotatable bonds is 5. The minimum atomic E-state index is -1.17. The highest BCUT2D eigenvalue weighted by Crippen LogP contribution is 2.26. The number of hydrogen-bond acceptors (Lipinski definition) is 3. The van der Waals surface area contributed by atoms with Crippen molar-refractivity contribution in [2.24, 2.45) is 11.8 Å². The van der Waals surface area contributed by atoms with Gasteiger partial charge in [-0.15, -0.1) is 12.4 Å². The molecule has 3 rings (SSSR count). The van der Waals surface area contributed by atoms with E-state index in [1.807, 2.05) is 0 Å². The Bertz CT molecular complexity index is 680. The van der Waals surface area contributed by atoms with E-state index in [0.717, 1.165) is 32.4 Å². The van der Waals surface area contributed by atoms with Crippen LogP contribution in [0, 0.1) is 29.3 Å². The number of nitrogens with one attached hydrogen (secondary N) is 1. The molecule has 156 valence electrons. The smallest absolute Gasteiger partial charge is 0.222 e. The van der Waals surface area contributed by atoms with Crippen molar-refractivity contribution >= 4 is 24.1 Å². The van der Waals surface area contributed by atoms with Crippen molar-refractivity contribution in [3.63, 3.8) is 0 Å². The van der Waals surface area contributed by atoms with E-state index in [1.54, 1.807) is 4.90 Å². The van der Waals surface area contributed by atoms with Gasteiger partial charge in [-0.3, -0.25) is 9.59 Å². The number of halogens is 4. The van der Waals surface area contributed by atoms with Gasteiger partial charge in [-0.05, 0) is 51.1 Å². The zero-order valence-electron chi connectivity index (χ0n) is 15.7. The number of amides is 1. The molecule has 0 spiro atoms. The van der Waals surface area contributed by atoms with Crippen molar-refractivity contribution in [3.8, 4) is 0 Å². The van der Waals surface area contributed by atoms with Crippen LogP contribution in [0.25, 0.3) is 0 Å². The van der Waals surface area contributed by atoms with Gasteiger partial charge in [0.05, 0.1) is 5.56 Å². The molecular formula is C20H26ClF3N2O2. The maximum Gasteiger partial charge on any atom is 0.222 e. The van der Waals surface area contributed by atoms with Crippen molar-refractivity contribution in [2.45, 2.75) is 38.5 Å². The van der Waals surface area contributed by atoms with E-state index >= 15 is 0 Å². The summed E-state index contributed by atoms with van der Waals surface area (Å²) < 4.78 is 40.7. The largest absolute Gasteiger partial charge is 0.343 e. The predicted octanol–water partition coefficient (Wildman–Crippen LogP) is 3.73. The summed E-state index contributed by atoms with van der Waals surface area (Å²) >= 11 is 0. The van der Waals surface area contributed by atoms with Gasteiger partial charge < -0.3 is 10.2 Å². The molecule has 0 unspecified atom stereocenters. The second-order valence-corrected chi connectivity index (χ2v) is 7.50. The van der Waals surface area contributed by atoms with Gasteiger partial charge >= 0.3 is 0 Å². The van der Waals surface area contributed by atoms with Crippen LogP contribution in [0.4, 0.5) is 13.2 Å². The molecular weight excluding hydrogens is 393 g/mol. The van der Waals surface area contributed by atoms with E-state index in [1.165, 1.54) is 0 Å². The summed E-state index contributed by atoms with van der Waals surface area (Å²) in [6.07, 6.45) is 4.32. The monoisotopic (exact) mass is 418 g/mol. The van der Waals surface area contributed by atoms with Gasteiger partial charge in [0.2, 0.25) is 5.91 Å². The van der Waals surface area contributed by atoms with Gasteiger partial charge in [-0.25, -0.2) is 13.2 Å². The van der Waals surface area contributed by atoms with Gasteiger partial charge in [-0.1, -0.05) is 0 Å². The molecule has 2 fully saturated rings. The molecule has 28 heavy (non-hydrogen) atoms. The van der Waals surface area contributed by atoms with Crippen molar-refractivity contribution in [1.82, 2.24) is 10.2 Å². The molecule has 2 heterocycles. The first-order valence-electron chi connectivity index (χ1n) is 9.63. The van der Waals surface area contributed by atoms with Gasteiger partial charge in [0.1, 0.15) is 17.5 Å². The molecule has 8 heteroatoms. The summed E-state index contributed by atoms with van der Waals surface area (Å²) in [6.45, 7) is 2.82. The highest BCUT2D eigenvalue weighted by atomic mass is 35.5. The Morgan fingerprint density at radius 2 is 1.57 bits per heavy atom. The van der Waals surface area contributed by atoms with Crippen LogP contribution in [0.3, 0.4) is 0 Å². The quantitative estimate of drug-likeness (QED) is 0.741. The molecule has 0 aliphatic carbocycles. The minimum Gasteiger partial charge on any atom is -0.343 e. The van der Waals surface area contributed by atoms with Crippen LogP contribution in [-0.2, 0) is 4.79 Å². The fourth-order valence-corrected chi connectivity index (χ4v) is 4.03. The molecule has 0 saturated carbocycles. The Kier molecular flexibility index (Phi) is 8.31. The number of benzene rings is 1. The first kappa shape index (κ1) is 22.7. The maximum atomic E-state index is 13.8. The van der Waals surface area contributed by atoms with Crippen LogP contribution in [-0.4, -0.2) is 42.8 Å². The number of piperidine rings is 2.